The van der Waals surface area contributed by atoms with Crippen molar-refractivity contribution in [3.63, 3.8) is 0 Å². The quantitative estimate of drug-likeness (QED) is 0.177. The molecule has 2 heterocycles. The summed E-state index contributed by atoms with van der Waals surface area (Å²) >= 11 is 1.79. The van der Waals surface area contributed by atoms with E-state index in [0.717, 1.165) is 32.9 Å². The second-order valence-electron chi connectivity index (χ2n) is 18.2. The molecule has 0 radical (unpaired) electrons. The number of thiophene rings is 1. The summed E-state index contributed by atoms with van der Waals surface area (Å²) in [6.07, 6.45) is 12.9. The number of aromatic nitrogens is 2. The first kappa shape index (κ1) is 35.6. The molecular weight excluding hydrogens is 757 g/mol. The molecule has 0 aliphatic heterocycles. The van der Waals surface area contributed by atoms with Crippen molar-refractivity contribution < 1.29 is 0 Å². The Hall–Kier alpha value is -6.16. The molecule has 0 amide bonds. The third-order valence-corrected chi connectivity index (χ3v) is 16.3. The summed E-state index contributed by atoms with van der Waals surface area (Å²) < 4.78 is 2.36. The van der Waals surface area contributed by atoms with Crippen molar-refractivity contribution in [3.8, 4) is 67.2 Å². The van der Waals surface area contributed by atoms with Gasteiger partial charge in [-0.3, -0.25) is 0 Å². The average Bonchev–Trinajstić information content (AvgIpc) is 3.93. The van der Waals surface area contributed by atoms with Gasteiger partial charge in [-0.15, -0.1) is 11.3 Å². The lowest BCUT2D eigenvalue weighted by molar-refractivity contribution is 0.350. The predicted octanol–water partition coefficient (Wildman–Crippen LogP) is 16.0. The highest BCUT2D eigenvalue weighted by molar-refractivity contribution is 7.26. The van der Waals surface area contributed by atoms with Crippen LogP contribution in [0.25, 0.3) is 87.5 Å². The molecule has 2 nitrogen and oxygen atoms in total. The zero-order chi connectivity index (χ0) is 40.1. The van der Waals surface area contributed by atoms with Crippen LogP contribution in [0.4, 0.5) is 0 Å². The van der Waals surface area contributed by atoms with Gasteiger partial charge in [0.2, 0.25) is 0 Å². The van der Waals surface area contributed by atoms with Crippen LogP contribution < -0.4 is 0 Å². The number of fused-ring (bicyclic) bond motifs is 13. The van der Waals surface area contributed by atoms with Crippen LogP contribution in [-0.4, -0.2) is 9.97 Å². The Morgan fingerprint density at radius 1 is 0.393 bits per heavy atom. The molecule has 9 aromatic rings. The molecule has 2 fully saturated rings. The van der Waals surface area contributed by atoms with E-state index in [1.54, 1.807) is 33.6 Å². The van der Waals surface area contributed by atoms with E-state index >= 15 is 0 Å². The Morgan fingerprint density at radius 3 is 1.82 bits per heavy atom. The van der Waals surface area contributed by atoms with Gasteiger partial charge in [-0.05, 0) is 117 Å². The number of nitrogens with zero attached hydrogens (tertiary/aromatic N) is 2. The first-order chi connectivity index (χ1) is 30.2. The fourth-order valence-electron chi connectivity index (χ4n) is 12.3. The van der Waals surface area contributed by atoms with Crippen molar-refractivity contribution in [1.29, 1.82) is 0 Å². The lowest BCUT2D eigenvalue weighted by atomic mass is 9.66. The molecule has 294 valence electrons. The predicted molar refractivity (Wildman–Crippen MR) is 255 cm³/mol. The Morgan fingerprint density at radius 2 is 1.00 bits per heavy atom. The summed E-state index contributed by atoms with van der Waals surface area (Å²) in [6.45, 7) is 0. The topological polar surface area (TPSA) is 25.8 Å². The highest BCUT2D eigenvalue weighted by Crippen LogP contribution is 2.63. The van der Waals surface area contributed by atoms with Crippen LogP contribution in [-0.2, 0) is 10.8 Å². The maximum Gasteiger partial charge on any atom is 0.160 e. The fraction of sp³-hybridized carbons (Fsp3) is 0.207. The molecule has 7 aromatic carbocycles. The van der Waals surface area contributed by atoms with E-state index in [1.807, 2.05) is 6.07 Å². The van der Waals surface area contributed by atoms with E-state index in [0.29, 0.717) is 0 Å². The van der Waals surface area contributed by atoms with Crippen LogP contribution in [0.15, 0.2) is 158 Å². The maximum atomic E-state index is 5.27. The smallest absolute Gasteiger partial charge is 0.160 e. The lowest BCUT2D eigenvalue weighted by Crippen LogP contribution is -2.29. The van der Waals surface area contributed by atoms with E-state index in [9.17, 15) is 0 Å². The van der Waals surface area contributed by atoms with E-state index in [4.69, 9.17) is 9.97 Å². The van der Waals surface area contributed by atoms with Gasteiger partial charge >= 0.3 is 0 Å². The van der Waals surface area contributed by atoms with Crippen LogP contribution in [0.3, 0.4) is 0 Å². The van der Waals surface area contributed by atoms with Crippen molar-refractivity contribution in [3.05, 3.63) is 180 Å². The molecule has 0 bridgehead atoms. The molecule has 13 rings (SSSR count). The molecule has 4 aliphatic carbocycles. The van der Waals surface area contributed by atoms with Crippen LogP contribution >= 0.6 is 11.3 Å². The van der Waals surface area contributed by atoms with E-state index < -0.39 is 0 Å². The molecule has 61 heavy (non-hydrogen) atoms. The number of benzene rings is 7. The molecule has 0 N–H and O–H groups in total. The summed E-state index contributed by atoms with van der Waals surface area (Å²) in [4.78, 5) is 10.4. The van der Waals surface area contributed by atoms with Gasteiger partial charge in [0.25, 0.3) is 0 Å². The molecule has 3 heteroatoms. The third-order valence-electron chi connectivity index (χ3n) is 15.1. The van der Waals surface area contributed by atoms with Gasteiger partial charge in [0.05, 0.1) is 15.9 Å². The van der Waals surface area contributed by atoms with Gasteiger partial charge < -0.3 is 0 Å². The SMILES string of the molecule is c1ccc(-c2nc(-c3cccc(-c4ccc(-c5cccc6c5-c5cc7c(cc5C65CCCCC5)-c5ccccc5C75CCCCC5)cc4)c3)c3sc4ccccc4c3n2)cc1. The van der Waals surface area contributed by atoms with Crippen LogP contribution in [0.1, 0.15) is 86.5 Å². The molecule has 0 unspecified atom stereocenters. The molecule has 0 saturated heterocycles. The van der Waals surface area contributed by atoms with Gasteiger partial charge in [-0.1, -0.05) is 172 Å². The minimum atomic E-state index is 0.0901. The van der Waals surface area contributed by atoms with Crippen molar-refractivity contribution in [2.24, 2.45) is 0 Å². The standard InChI is InChI=1S/C58H46N2S/c1-4-16-39(17-5-1)56-59-53(55-54(60-56)44-21-7-9-25-51(44)61-55)41-19-14-18-40(34-41)37-26-28-38(29-27-37)42-22-15-24-48-52(42)46-36-49-45(35-50(46)58(48)32-12-3-13-33-58)43-20-6-8-23-47(43)57(49)30-10-2-11-31-57/h1,4-9,14-29,34-36H,2-3,10-13,30-33H2. The third kappa shape index (κ3) is 5.26. The van der Waals surface area contributed by atoms with Crippen molar-refractivity contribution >= 4 is 31.6 Å². The molecule has 2 aromatic heterocycles. The summed E-state index contributed by atoms with van der Waals surface area (Å²) in [5.74, 6) is 0.761. The van der Waals surface area contributed by atoms with Gasteiger partial charge in [-0.2, -0.15) is 0 Å². The first-order valence-corrected chi connectivity index (χ1v) is 23.4. The number of hydrogen-bond donors (Lipinski definition) is 0. The van der Waals surface area contributed by atoms with E-state index in [1.165, 1.54) is 119 Å². The Bertz CT molecular complexity index is 3200. The summed E-state index contributed by atoms with van der Waals surface area (Å²) in [7, 11) is 0. The lowest BCUT2D eigenvalue weighted by Gasteiger charge is -2.37. The second-order valence-corrected chi connectivity index (χ2v) is 19.3. The van der Waals surface area contributed by atoms with Gasteiger partial charge in [-0.25, -0.2) is 9.97 Å². The zero-order valence-corrected chi connectivity index (χ0v) is 35.2. The van der Waals surface area contributed by atoms with Crippen LogP contribution in [0.5, 0.6) is 0 Å². The van der Waals surface area contributed by atoms with Crippen molar-refractivity contribution in [2.75, 3.05) is 0 Å². The highest BCUT2D eigenvalue weighted by Gasteiger charge is 2.49. The van der Waals surface area contributed by atoms with Crippen LogP contribution in [0.2, 0.25) is 0 Å². The minimum Gasteiger partial charge on any atom is -0.226 e. The Labute approximate surface area is 362 Å². The van der Waals surface area contributed by atoms with Crippen molar-refractivity contribution in [2.45, 2.75) is 75.0 Å². The van der Waals surface area contributed by atoms with Gasteiger partial charge in [0, 0.05) is 32.0 Å². The Kier molecular flexibility index (Phi) is 7.98. The number of rotatable bonds is 4. The molecule has 4 aliphatic rings. The second kappa shape index (κ2) is 13.7. The van der Waals surface area contributed by atoms with Gasteiger partial charge in [0.1, 0.15) is 0 Å². The zero-order valence-electron chi connectivity index (χ0n) is 34.4. The Balaban J connectivity index is 0.924. The molecule has 0 atom stereocenters. The number of hydrogen-bond acceptors (Lipinski definition) is 3. The first-order valence-electron chi connectivity index (χ1n) is 22.6. The summed E-state index contributed by atoms with van der Waals surface area (Å²) in [5.41, 5.74) is 21.8. The normalized spacial score (nSPS) is 16.8. The van der Waals surface area contributed by atoms with Crippen LogP contribution in [0, 0.1) is 0 Å². The average molecular weight is 803 g/mol. The summed E-state index contributed by atoms with van der Waals surface area (Å²) in [6, 6.07) is 59.4. The van der Waals surface area contributed by atoms with Gasteiger partial charge in [0.15, 0.2) is 5.82 Å². The largest absolute Gasteiger partial charge is 0.226 e. The molecule has 2 spiro atoms. The van der Waals surface area contributed by atoms with E-state index in [2.05, 4.69) is 152 Å². The maximum absolute atomic E-state index is 5.27. The monoisotopic (exact) mass is 802 g/mol. The fourth-order valence-corrected chi connectivity index (χ4v) is 13.5. The van der Waals surface area contributed by atoms with E-state index in [-0.39, 0.29) is 10.8 Å². The molecule has 2 saturated carbocycles. The summed E-state index contributed by atoms with van der Waals surface area (Å²) in [5, 5.41) is 1.18. The molecular formula is C58H46N2S. The highest BCUT2D eigenvalue weighted by atomic mass is 32.1. The van der Waals surface area contributed by atoms with Crippen molar-refractivity contribution in [1.82, 2.24) is 9.97 Å². The minimum absolute atomic E-state index is 0.0901.